The van der Waals surface area contributed by atoms with E-state index in [9.17, 15) is 0 Å². The highest BCUT2D eigenvalue weighted by Gasteiger charge is 2.06. The molecule has 1 aromatic heterocycles. The fourth-order valence-corrected chi connectivity index (χ4v) is 3.12. The molecule has 0 spiro atoms. The van der Waals surface area contributed by atoms with Crippen LogP contribution in [0.3, 0.4) is 0 Å². The van der Waals surface area contributed by atoms with Gasteiger partial charge in [0.2, 0.25) is 0 Å². The van der Waals surface area contributed by atoms with Crippen molar-refractivity contribution in [3.05, 3.63) is 64.8 Å². The average molecular weight is 343 g/mol. The Morgan fingerprint density at radius 3 is 2.92 bits per heavy atom. The van der Waals surface area contributed by atoms with E-state index in [1.165, 1.54) is 11.1 Å². The Labute approximate surface area is 148 Å². The molecule has 0 aliphatic carbocycles. The molecule has 2 aromatic carbocycles. The van der Waals surface area contributed by atoms with Crippen molar-refractivity contribution in [1.29, 1.82) is 0 Å². The molecular weight excluding hydrogens is 320 g/mol. The summed E-state index contributed by atoms with van der Waals surface area (Å²) >= 11 is 6.32. The predicted octanol–water partition coefficient (Wildman–Crippen LogP) is 4.94. The molecule has 0 bridgehead atoms. The quantitative estimate of drug-likeness (QED) is 0.569. The van der Waals surface area contributed by atoms with E-state index in [2.05, 4.69) is 41.6 Å². The summed E-state index contributed by atoms with van der Waals surface area (Å²) in [5.74, 6) is 0.944. The lowest BCUT2D eigenvalue weighted by molar-refractivity contribution is 0.317. The number of hydrogen-bond acceptors (Lipinski definition) is 2. The smallest absolute Gasteiger partial charge is 0.119 e. The molecule has 3 rings (SSSR count). The number of rotatable bonds is 8. The first-order valence-corrected chi connectivity index (χ1v) is 8.82. The number of aromatic nitrogens is 1. The Bertz CT molecular complexity index is 797. The van der Waals surface area contributed by atoms with Gasteiger partial charge >= 0.3 is 0 Å². The molecule has 126 valence electrons. The molecule has 4 heteroatoms. The van der Waals surface area contributed by atoms with Gasteiger partial charge in [-0.3, -0.25) is 0 Å². The Kier molecular flexibility index (Phi) is 5.78. The Morgan fingerprint density at radius 2 is 2.04 bits per heavy atom. The molecule has 0 unspecified atom stereocenters. The van der Waals surface area contributed by atoms with Crippen molar-refractivity contribution in [2.75, 3.05) is 13.2 Å². The van der Waals surface area contributed by atoms with E-state index in [1.54, 1.807) is 0 Å². The molecule has 0 aliphatic heterocycles. The van der Waals surface area contributed by atoms with Crippen molar-refractivity contribution in [2.24, 2.45) is 0 Å². The molecule has 0 radical (unpaired) electrons. The lowest BCUT2D eigenvalue weighted by Crippen LogP contribution is -2.16. The summed E-state index contributed by atoms with van der Waals surface area (Å²) in [5, 5.41) is 5.44. The second-order valence-corrected chi connectivity index (χ2v) is 6.31. The Morgan fingerprint density at radius 1 is 1.17 bits per heavy atom. The second-order valence-electron chi connectivity index (χ2n) is 5.90. The molecule has 0 fully saturated rings. The van der Waals surface area contributed by atoms with E-state index in [0.29, 0.717) is 0 Å². The van der Waals surface area contributed by atoms with Crippen LogP contribution in [-0.2, 0) is 13.0 Å². The van der Waals surface area contributed by atoms with Crippen LogP contribution in [0.4, 0.5) is 0 Å². The number of fused-ring (bicyclic) bond motifs is 1. The van der Waals surface area contributed by atoms with E-state index in [4.69, 9.17) is 16.3 Å². The first-order valence-electron chi connectivity index (χ1n) is 8.45. The Balaban J connectivity index is 1.53. The van der Waals surface area contributed by atoms with Gasteiger partial charge in [0.05, 0.1) is 11.6 Å². The minimum absolute atomic E-state index is 0.762. The van der Waals surface area contributed by atoms with Crippen molar-refractivity contribution in [3.63, 3.8) is 0 Å². The van der Waals surface area contributed by atoms with Gasteiger partial charge in [0.25, 0.3) is 0 Å². The van der Waals surface area contributed by atoms with Crippen molar-refractivity contribution >= 4 is 22.5 Å². The van der Waals surface area contributed by atoms with E-state index in [-0.39, 0.29) is 0 Å². The van der Waals surface area contributed by atoms with E-state index >= 15 is 0 Å². The Hall–Kier alpha value is -1.97. The van der Waals surface area contributed by atoms with E-state index < -0.39 is 0 Å². The average Bonchev–Trinajstić information content (AvgIpc) is 3.02. The zero-order valence-electron chi connectivity index (χ0n) is 13.9. The molecule has 0 saturated carbocycles. The summed E-state index contributed by atoms with van der Waals surface area (Å²) in [6.07, 6.45) is 4.02. The number of ether oxygens (including phenoxy) is 1. The molecule has 0 saturated heterocycles. The first-order chi connectivity index (χ1) is 11.8. The van der Waals surface area contributed by atoms with Gasteiger partial charge in [-0.2, -0.15) is 0 Å². The van der Waals surface area contributed by atoms with Crippen LogP contribution in [0.25, 0.3) is 10.9 Å². The van der Waals surface area contributed by atoms with Gasteiger partial charge in [0.15, 0.2) is 0 Å². The van der Waals surface area contributed by atoms with Crippen molar-refractivity contribution < 1.29 is 4.74 Å². The maximum atomic E-state index is 6.32. The highest BCUT2D eigenvalue weighted by molar-refractivity contribution is 6.35. The highest BCUT2D eigenvalue weighted by atomic mass is 35.5. The van der Waals surface area contributed by atoms with Crippen molar-refractivity contribution in [3.8, 4) is 5.75 Å². The van der Waals surface area contributed by atoms with Crippen LogP contribution >= 0.6 is 11.6 Å². The number of aromatic amines is 1. The molecule has 0 aliphatic rings. The largest absolute Gasteiger partial charge is 0.494 e. The third-order valence-corrected chi connectivity index (χ3v) is 4.32. The zero-order valence-corrected chi connectivity index (χ0v) is 14.7. The number of benzene rings is 2. The van der Waals surface area contributed by atoms with Gasteiger partial charge in [-0.15, -0.1) is 0 Å². The molecule has 0 atom stereocenters. The van der Waals surface area contributed by atoms with Crippen LogP contribution in [0.5, 0.6) is 5.75 Å². The molecule has 0 amide bonds. The van der Waals surface area contributed by atoms with E-state index in [1.807, 2.05) is 24.3 Å². The van der Waals surface area contributed by atoms with Crippen LogP contribution in [0.1, 0.15) is 24.5 Å². The summed E-state index contributed by atoms with van der Waals surface area (Å²) in [7, 11) is 0. The number of halogens is 1. The summed E-state index contributed by atoms with van der Waals surface area (Å²) in [5.41, 5.74) is 3.59. The van der Waals surface area contributed by atoms with Crippen LogP contribution < -0.4 is 10.1 Å². The van der Waals surface area contributed by atoms with E-state index in [0.717, 1.165) is 54.2 Å². The fraction of sp³-hybridized carbons (Fsp3) is 0.300. The molecule has 1 heterocycles. The monoisotopic (exact) mass is 342 g/mol. The minimum Gasteiger partial charge on any atom is -0.494 e. The van der Waals surface area contributed by atoms with Gasteiger partial charge in [-0.05, 0) is 54.8 Å². The van der Waals surface area contributed by atoms with Crippen LogP contribution in [0.2, 0.25) is 5.02 Å². The number of H-pyrrole nitrogens is 1. The molecule has 2 N–H and O–H groups in total. The first kappa shape index (κ1) is 16.9. The van der Waals surface area contributed by atoms with Gasteiger partial charge < -0.3 is 15.0 Å². The summed E-state index contributed by atoms with van der Waals surface area (Å²) in [4.78, 5) is 3.29. The van der Waals surface area contributed by atoms with Crippen LogP contribution in [0.15, 0.2) is 48.7 Å². The van der Waals surface area contributed by atoms with Gasteiger partial charge in [0, 0.05) is 23.6 Å². The zero-order chi connectivity index (χ0) is 16.8. The number of nitrogens with one attached hydrogen (secondary N) is 2. The standard InChI is InChI=1S/C20H23ClN2O/c1-2-11-24-17-6-3-5-15(12-17)13-22-10-9-16-14-23-19-8-4-7-18(21)20(16)19/h3-8,12,14,22-23H,2,9-11,13H2,1H3. The fourth-order valence-electron chi connectivity index (χ4n) is 2.83. The van der Waals surface area contributed by atoms with Crippen LogP contribution in [0, 0.1) is 0 Å². The maximum absolute atomic E-state index is 6.32. The maximum Gasteiger partial charge on any atom is 0.119 e. The molecule has 3 aromatic rings. The molecular formula is C20H23ClN2O. The normalized spacial score (nSPS) is 11.1. The second kappa shape index (κ2) is 8.22. The van der Waals surface area contributed by atoms with Crippen LogP contribution in [-0.4, -0.2) is 18.1 Å². The van der Waals surface area contributed by atoms with Gasteiger partial charge in [0.1, 0.15) is 5.75 Å². The summed E-state index contributed by atoms with van der Waals surface area (Å²) < 4.78 is 5.68. The summed E-state index contributed by atoms with van der Waals surface area (Å²) in [6, 6.07) is 14.2. The highest BCUT2D eigenvalue weighted by Crippen LogP contribution is 2.26. The van der Waals surface area contributed by atoms with Crippen molar-refractivity contribution in [2.45, 2.75) is 26.3 Å². The SMILES string of the molecule is CCCOc1cccc(CNCCc2c[nH]c3cccc(Cl)c23)c1. The van der Waals surface area contributed by atoms with Gasteiger partial charge in [-0.1, -0.05) is 36.7 Å². The lowest BCUT2D eigenvalue weighted by Gasteiger charge is -2.08. The minimum atomic E-state index is 0.762. The molecule has 24 heavy (non-hydrogen) atoms. The molecule has 3 nitrogen and oxygen atoms in total. The predicted molar refractivity (Wildman–Crippen MR) is 101 cm³/mol. The summed E-state index contributed by atoms with van der Waals surface area (Å²) in [6.45, 7) is 4.61. The number of hydrogen-bond donors (Lipinski definition) is 2. The topological polar surface area (TPSA) is 37.0 Å². The third-order valence-electron chi connectivity index (χ3n) is 4.01. The van der Waals surface area contributed by atoms with Crippen molar-refractivity contribution in [1.82, 2.24) is 10.3 Å². The van der Waals surface area contributed by atoms with Gasteiger partial charge in [-0.25, -0.2) is 0 Å². The lowest BCUT2D eigenvalue weighted by atomic mass is 10.1. The third kappa shape index (κ3) is 4.11.